The fourth-order valence-electron chi connectivity index (χ4n) is 6.21. The summed E-state index contributed by atoms with van der Waals surface area (Å²) in [5, 5.41) is 14.4. The van der Waals surface area contributed by atoms with Crippen LogP contribution in [0.25, 0.3) is 0 Å². The maximum absolute atomic E-state index is 13.4. The highest BCUT2D eigenvalue weighted by Gasteiger charge is 2.47. The van der Waals surface area contributed by atoms with Crippen molar-refractivity contribution >= 4 is 12.4 Å². The Labute approximate surface area is 177 Å². The number of carboxylic acid groups (broad SMARTS) is 1. The molecule has 3 saturated heterocycles. The van der Waals surface area contributed by atoms with Crippen LogP contribution < -0.4 is 0 Å². The highest BCUT2D eigenvalue weighted by molar-refractivity contribution is 5.94. The smallest absolute Gasteiger partial charge is 0.290 e. The van der Waals surface area contributed by atoms with Gasteiger partial charge >= 0.3 is 0 Å². The van der Waals surface area contributed by atoms with E-state index in [4.69, 9.17) is 14.6 Å². The third kappa shape index (κ3) is 3.99. The Kier molecular flexibility index (Phi) is 6.73. The van der Waals surface area contributed by atoms with Gasteiger partial charge in [0.25, 0.3) is 12.4 Å². The van der Waals surface area contributed by atoms with E-state index < -0.39 is 0 Å². The van der Waals surface area contributed by atoms with E-state index in [0.29, 0.717) is 42.8 Å². The second-order valence-corrected chi connectivity index (χ2v) is 9.06. The van der Waals surface area contributed by atoms with E-state index in [1.807, 2.05) is 0 Å². The lowest BCUT2D eigenvalue weighted by Crippen LogP contribution is -2.64. The summed E-state index contributed by atoms with van der Waals surface area (Å²) >= 11 is 0. The maximum atomic E-state index is 13.4. The third-order valence-corrected chi connectivity index (χ3v) is 7.39. The van der Waals surface area contributed by atoms with Gasteiger partial charge in [-0.15, -0.1) is 0 Å². The van der Waals surface area contributed by atoms with Crippen LogP contribution >= 0.6 is 0 Å². The Morgan fingerprint density at radius 2 is 2.13 bits per heavy atom. The van der Waals surface area contributed by atoms with E-state index in [2.05, 4.69) is 26.9 Å². The number of hydrogen-bond donors (Lipinski definition) is 2. The first-order chi connectivity index (χ1) is 14.7. The van der Waals surface area contributed by atoms with Crippen LogP contribution in [0.3, 0.4) is 0 Å². The molecule has 0 unspecified atom stereocenters. The van der Waals surface area contributed by atoms with Crippen molar-refractivity contribution in [1.29, 1.82) is 0 Å². The number of rotatable bonds is 3. The van der Waals surface area contributed by atoms with Crippen LogP contribution in [0.1, 0.15) is 67.2 Å². The zero-order valence-corrected chi connectivity index (χ0v) is 17.9. The van der Waals surface area contributed by atoms with Gasteiger partial charge in [-0.3, -0.25) is 19.6 Å². The van der Waals surface area contributed by atoms with Crippen molar-refractivity contribution in [3.05, 3.63) is 17.0 Å². The van der Waals surface area contributed by atoms with Crippen molar-refractivity contribution in [2.75, 3.05) is 26.2 Å². The number of carbonyl (C=O) groups excluding carboxylic acids is 1. The summed E-state index contributed by atoms with van der Waals surface area (Å²) in [7, 11) is 0. The highest BCUT2D eigenvalue weighted by Crippen LogP contribution is 2.42. The molecule has 166 valence electrons. The molecular weight excluding hydrogens is 384 g/mol. The summed E-state index contributed by atoms with van der Waals surface area (Å²) in [5.74, 6) is 1.37. The standard InChI is InChI=1S/C21H32N4O2.CH2O2/c1-2-5-18-14-10-15(19-6-3-4-8-25(18)19)12-24(11-14)21(26)20-16-13-27-9-7-17(16)22-23-20;2-1-3/h14-15,18-19H,2-13H2,1H3,(H,22,23);1H,(H,2,3)/t14-,15+,18-,19-;/m0./s1. The molecule has 1 amide bonds. The Bertz CT molecular complexity index is 751. The molecule has 0 aliphatic carbocycles. The SMILES string of the molecule is CCC[C@H]1[C@H]2C[C@H](CN(C(=O)c3n[nH]c4c3COCC4)C2)[C@@H]2CCCCN21.O=CO. The summed E-state index contributed by atoms with van der Waals surface area (Å²) in [6.07, 6.45) is 8.63. The van der Waals surface area contributed by atoms with Crippen molar-refractivity contribution in [3.63, 3.8) is 0 Å². The number of H-pyrrole nitrogens is 1. The number of ether oxygens (including phenoxy) is 1. The molecule has 1 aromatic rings. The van der Waals surface area contributed by atoms with Gasteiger partial charge in [0.15, 0.2) is 5.69 Å². The molecule has 30 heavy (non-hydrogen) atoms. The topological polar surface area (TPSA) is 98.8 Å². The first-order valence-corrected chi connectivity index (χ1v) is 11.4. The Hall–Kier alpha value is -1.93. The van der Waals surface area contributed by atoms with Crippen LogP contribution in [0.5, 0.6) is 0 Å². The van der Waals surface area contributed by atoms with Gasteiger partial charge in [-0.1, -0.05) is 19.8 Å². The highest BCUT2D eigenvalue weighted by atomic mass is 16.5. The molecule has 5 heterocycles. The number of nitrogens with zero attached hydrogens (tertiary/aromatic N) is 3. The monoisotopic (exact) mass is 418 g/mol. The second-order valence-electron chi connectivity index (χ2n) is 9.06. The number of hydrogen-bond acceptors (Lipinski definition) is 5. The van der Waals surface area contributed by atoms with E-state index in [1.54, 1.807) is 0 Å². The summed E-state index contributed by atoms with van der Waals surface area (Å²) in [4.78, 5) is 26.7. The number of likely N-dealkylation sites (tertiary alicyclic amines) is 1. The van der Waals surface area contributed by atoms with Crippen molar-refractivity contribution in [1.82, 2.24) is 20.0 Å². The molecule has 0 spiro atoms. The van der Waals surface area contributed by atoms with Crippen molar-refractivity contribution in [2.45, 2.75) is 70.6 Å². The first kappa shape index (κ1) is 21.3. The lowest BCUT2D eigenvalue weighted by Gasteiger charge is -2.57. The Balaban J connectivity index is 0.000000687. The largest absolute Gasteiger partial charge is 0.483 e. The predicted octanol–water partition coefficient (Wildman–Crippen LogP) is 2.30. The minimum atomic E-state index is -0.250. The summed E-state index contributed by atoms with van der Waals surface area (Å²) in [6, 6.07) is 1.34. The molecule has 8 nitrogen and oxygen atoms in total. The van der Waals surface area contributed by atoms with Gasteiger partial charge in [-0.2, -0.15) is 5.10 Å². The van der Waals surface area contributed by atoms with Crippen LogP contribution in [-0.2, 0) is 22.6 Å². The van der Waals surface area contributed by atoms with Gasteiger partial charge in [0.1, 0.15) is 0 Å². The minimum absolute atomic E-state index is 0.118. The number of aromatic amines is 1. The number of carbonyl (C=O) groups is 2. The van der Waals surface area contributed by atoms with Crippen LogP contribution in [0, 0.1) is 11.8 Å². The number of fused-ring (bicyclic) bond motifs is 5. The molecule has 0 aromatic carbocycles. The molecule has 1 aromatic heterocycles. The van der Waals surface area contributed by atoms with E-state index >= 15 is 0 Å². The quantitative estimate of drug-likeness (QED) is 0.731. The second kappa shape index (κ2) is 9.47. The Morgan fingerprint density at radius 1 is 1.33 bits per heavy atom. The van der Waals surface area contributed by atoms with Crippen molar-refractivity contribution < 1.29 is 19.4 Å². The van der Waals surface area contributed by atoms with Crippen molar-refractivity contribution in [3.8, 4) is 0 Å². The van der Waals surface area contributed by atoms with Crippen LogP contribution in [0.2, 0.25) is 0 Å². The molecular formula is C22H34N4O4. The molecule has 2 N–H and O–H groups in total. The van der Waals surface area contributed by atoms with Gasteiger partial charge in [-0.05, 0) is 44.1 Å². The van der Waals surface area contributed by atoms with Gasteiger partial charge in [0.05, 0.1) is 13.2 Å². The average molecular weight is 419 g/mol. The fraction of sp³-hybridized carbons (Fsp3) is 0.773. The molecule has 4 aliphatic heterocycles. The van der Waals surface area contributed by atoms with E-state index in [9.17, 15) is 4.79 Å². The number of amides is 1. The molecule has 2 bridgehead atoms. The van der Waals surface area contributed by atoms with E-state index in [-0.39, 0.29) is 12.4 Å². The number of nitrogens with one attached hydrogen (secondary N) is 1. The zero-order valence-electron chi connectivity index (χ0n) is 17.9. The van der Waals surface area contributed by atoms with Crippen LogP contribution in [0.4, 0.5) is 0 Å². The summed E-state index contributed by atoms with van der Waals surface area (Å²) in [6.45, 7) is 6.34. The van der Waals surface area contributed by atoms with Crippen LogP contribution in [-0.4, -0.2) is 75.8 Å². The van der Waals surface area contributed by atoms with Gasteiger partial charge < -0.3 is 14.7 Å². The van der Waals surface area contributed by atoms with Gasteiger partial charge in [-0.25, -0.2) is 0 Å². The van der Waals surface area contributed by atoms with Crippen molar-refractivity contribution in [2.24, 2.45) is 11.8 Å². The molecule has 3 fully saturated rings. The van der Waals surface area contributed by atoms with E-state index in [1.165, 1.54) is 45.1 Å². The lowest BCUT2D eigenvalue weighted by atomic mass is 9.71. The van der Waals surface area contributed by atoms with Gasteiger partial charge in [0, 0.05) is 42.9 Å². The minimum Gasteiger partial charge on any atom is -0.483 e. The lowest BCUT2D eigenvalue weighted by molar-refractivity contribution is -0.122. The molecule has 4 atom stereocenters. The first-order valence-electron chi connectivity index (χ1n) is 11.4. The molecule has 0 radical (unpaired) electrons. The maximum Gasteiger partial charge on any atom is 0.290 e. The average Bonchev–Trinajstić information content (AvgIpc) is 3.21. The molecule has 5 rings (SSSR count). The molecule has 8 heteroatoms. The number of piperidine rings is 3. The van der Waals surface area contributed by atoms with Crippen LogP contribution in [0.15, 0.2) is 0 Å². The Morgan fingerprint density at radius 3 is 2.93 bits per heavy atom. The zero-order chi connectivity index (χ0) is 21.1. The summed E-state index contributed by atoms with van der Waals surface area (Å²) in [5.41, 5.74) is 2.69. The van der Waals surface area contributed by atoms with Gasteiger partial charge in [0.2, 0.25) is 0 Å². The predicted molar refractivity (Wildman–Crippen MR) is 111 cm³/mol. The molecule has 4 aliphatic rings. The summed E-state index contributed by atoms with van der Waals surface area (Å²) < 4.78 is 5.59. The fourth-order valence-corrected chi connectivity index (χ4v) is 6.21. The number of aromatic nitrogens is 2. The molecule has 0 saturated carbocycles. The van der Waals surface area contributed by atoms with E-state index in [0.717, 1.165) is 30.8 Å². The third-order valence-electron chi connectivity index (χ3n) is 7.39. The normalized spacial score (nSPS) is 30.5.